The van der Waals surface area contributed by atoms with E-state index in [0.717, 1.165) is 155 Å². The zero-order valence-electron chi connectivity index (χ0n) is 58.5. The molecular formula is C96H74N4O2. The summed E-state index contributed by atoms with van der Waals surface area (Å²) in [6, 6.07) is 112. The molecule has 2 aromatic heterocycles. The van der Waals surface area contributed by atoms with Gasteiger partial charge in [-0.25, -0.2) is 0 Å². The Balaban J connectivity index is 0.682. The molecule has 0 radical (unpaired) electrons. The molecule has 0 spiro atoms. The fourth-order valence-corrected chi connectivity index (χ4v) is 15.8. The Kier molecular flexibility index (Phi) is 14.9. The predicted octanol–water partition coefficient (Wildman–Crippen LogP) is 28.1. The summed E-state index contributed by atoms with van der Waals surface area (Å²) in [5, 5.41) is 13.7. The van der Waals surface area contributed by atoms with Crippen LogP contribution in [0.25, 0.3) is 98.1 Å². The SMILES string of the molecule is Cc1ccc(N(c2cccc(C)c2)c2ccc3c(ccc4oc5ccc6cc(N(c7ccc(C)cc7)c7ccc(-c8ccc(N(c9cccc(C)c9)c9ccc%10c(ccc%11oc%12ccc%13cc(N(c%14cccc(C)c%14)c%14cccc(C)c%14)ccc%13c%12c%11%10)c9)cc8C)c(C)c7)ccc6c5c43)c2)cc1. The fraction of sp³-hybridized carbons (Fsp3) is 0.0833. The van der Waals surface area contributed by atoms with Crippen molar-refractivity contribution >= 4 is 155 Å². The molecule has 0 saturated carbocycles. The highest BCUT2D eigenvalue weighted by Crippen LogP contribution is 2.48. The van der Waals surface area contributed by atoms with Crippen LogP contribution >= 0.6 is 0 Å². The number of fused-ring (bicyclic) bond motifs is 14. The maximum atomic E-state index is 6.72. The molecule has 18 rings (SSSR count). The molecule has 16 aromatic carbocycles. The van der Waals surface area contributed by atoms with Crippen LogP contribution in [-0.2, 0) is 0 Å². The van der Waals surface area contributed by atoms with E-state index < -0.39 is 0 Å². The minimum Gasteiger partial charge on any atom is -0.456 e. The molecule has 18 aromatic rings. The van der Waals surface area contributed by atoms with Gasteiger partial charge in [-0.05, 0) is 313 Å². The van der Waals surface area contributed by atoms with Crippen molar-refractivity contribution in [1.29, 1.82) is 0 Å². The summed E-state index contributed by atoms with van der Waals surface area (Å²) in [7, 11) is 0. The van der Waals surface area contributed by atoms with Gasteiger partial charge in [0, 0.05) is 89.8 Å². The second kappa shape index (κ2) is 24.7. The smallest absolute Gasteiger partial charge is 0.136 e. The number of anilines is 12. The third-order valence-corrected chi connectivity index (χ3v) is 20.7. The lowest BCUT2D eigenvalue weighted by atomic mass is 9.94. The lowest BCUT2D eigenvalue weighted by molar-refractivity contribution is 0.669. The first kappa shape index (κ1) is 61.7. The number of benzene rings is 16. The molecule has 6 nitrogen and oxygen atoms in total. The van der Waals surface area contributed by atoms with E-state index >= 15 is 0 Å². The van der Waals surface area contributed by atoms with Gasteiger partial charge in [0.1, 0.15) is 22.3 Å². The van der Waals surface area contributed by atoms with E-state index in [1.54, 1.807) is 0 Å². The van der Waals surface area contributed by atoms with Gasteiger partial charge in [-0.15, -0.1) is 0 Å². The molecule has 0 amide bonds. The second-order valence-electron chi connectivity index (χ2n) is 27.9. The van der Waals surface area contributed by atoms with E-state index in [1.807, 2.05) is 0 Å². The molecular weight excluding hydrogens is 1240 g/mol. The summed E-state index contributed by atoms with van der Waals surface area (Å²) in [6.45, 7) is 17.4. The van der Waals surface area contributed by atoms with Gasteiger partial charge in [-0.2, -0.15) is 0 Å². The molecule has 0 saturated heterocycles. The van der Waals surface area contributed by atoms with Crippen molar-refractivity contribution in [2.24, 2.45) is 0 Å². The van der Waals surface area contributed by atoms with Gasteiger partial charge < -0.3 is 28.4 Å². The Morgan fingerprint density at radius 3 is 0.686 bits per heavy atom. The van der Waals surface area contributed by atoms with Crippen LogP contribution in [0.4, 0.5) is 68.2 Å². The van der Waals surface area contributed by atoms with E-state index in [-0.39, 0.29) is 0 Å². The van der Waals surface area contributed by atoms with Crippen molar-refractivity contribution < 1.29 is 8.83 Å². The minimum atomic E-state index is 0.875. The molecule has 490 valence electrons. The number of aryl methyl sites for hydroxylation is 8. The second-order valence-corrected chi connectivity index (χ2v) is 27.9. The maximum Gasteiger partial charge on any atom is 0.136 e. The largest absolute Gasteiger partial charge is 0.456 e. The standard InChI is InChI=1S/C96H74N4O2/c1-59-21-29-71(30-22-59)97(73-17-9-13-61(3)49-73)79-35-41-85-67(55-79)25-45-89-93(85)94-86-42-36-80(56-68(86)26-46-90(94)101-89)98(72-31-23-60(2)24-32-72)77-33-39-83(65(7)53-77)84-40-34-78(54-66(84)8)100(76-20-12-16-64(6)52-76)82-38-44-88-70(58-82)28-48-92-96(88)95-87-43-37-81(57-69(87)27-47-91(95)102-92)99(74-18-10-14-62(4)50-74)75-19-11-15-63(5)51-75/h9-58H,1-8H3. The van der Waals surface area contributed by atoms with Crippen LogP contribution in [-0.4, -0.2) is 0 Å². The highest BCUT2D eigenvalue weighted by molar-refractivity contribution is 6.28. The van der Waals surface area contributed by atoms with Crippen molar-refractivity contribution in [1.82, 2.24) is 0 Å². The Labute approximate surface area is 594 Å². The zero-order valence-corrected chi connectivity index (χ0v) is 58.5. The normalized spacial score (nSPS) is 11.7. The van der Waals surface area contributed by atoms with Crippen LogP contribution in [0.15, 0.2) is 312 Å². The molecule has 0 aliphatic heterocycles. The van der Waals surface area contributed by atoms with Gasteiger partial charge in [-0.1, -0.05) is 145 Å². The van der Waals surface area contributed by atoms with E-state index in [9.17, 15) is 0 Å². The summed E-state index contributed by atoms with van der Waals surface area (Å²) < 4.78 is 13.4. The van der Waals surface area contributed by atoms with Crippen molar-refractivity contribution in [3.05, 3.63) is 348 Å². The molecule has 0 N–H and O–H groups in total. The van der Waals surface area contributed by atoms with E-state index in [2.05, 4.69) is 378 Å². The van der Waals surface area contributed by atoms with Gasteiger partial charge in [0.2, 0.25) is 0 Å². The highest BCUT2D eigenvalue weighted by Gasteiger charge is 2.24. The quantitative estimate of drug-likeness (QED) is 0.115. The number of nitrogens with zero attached hydrogens (tertiary/aromatic N) is 4. The summed E-state index contributed by atoms with van der Waals surface area (Å²) in [5.41, 5.74) is 28.7. The molecule has 0 aliphatic carbocycles. The molecule has 0 atom stereocenters. The van der Waals surface area contributed by atoms with Gasteiger partial charge in [-0.3, -0.25) is 0 Å². The van der Waals surface area contributed by atoms with Gasteiger partial charge in [0.25, 0.3) is 0 Å². The van der Waals surface area contributed by atoms with Gasteiger partial charge >= 0.3 is 0 Å². The average Bonchev–Trinajstić information content (AvgIpc) is 1.55. The monoisotopic (exact) mass is 1310 g/mol. The number of hydrogen-bond acceptors (Lipinski definition) is 6. The molecule has 0 fully saturated rings. The molecule has 102 heavy (non-hydrogen) atoms. The van der Waals surface area contributed by atoms with Crippen LogP contribution < -0.4 is 19.6 Å². The van der Waals surface area contributed by atoms with Crippen molar-refractivity contribution in [2.45, 2.75) is 55.4 Å². The van der Waals surface area contributed by atoms with Crippen LogP contribution in [0.1, 0.15) is 44.5 Å². The predicted molar refractivity (Wildman–Crippen MR) is 433 cm³/mol. The van der Waals surface area contributed by atoms with E-state index in [0.29, 0.717) is 0 Å². The summed E-state index contributed by atoms with van der Waals surface area (Å²) >= 11 is 0. The Hall–Kier alpha value is -12.6. The third-order valence-electron chi connectivity index (χ3n) is 20.7. The average molecular weight is 1320 g/mol. The van der Waals surface area contributed by atoms with Crippen LogP contribution in [0, 0.1) is 55.4 Å². The van der Waals surface area contributed by atoms with Crippen LogP contribution in [0.2, 0.25) is 0 Å². The summed E-state index contributed by atoms with van der Waals surface area (Å²) in [5.74, 6) is 0. The van der Waals surface area contributed by atoms with Crippen molar-refractivity contribution in [3.63, 3.8) is 0 Å². The van der Waals surface area contributed by atoms with Crippen LogP contribution in [0.5, 0.6) is 0 Å². The van der Waals surface area contributed by atoms with E-state index in [4.69, 9.17) is 8.83 Å². The lowest BCUT2D eigenvalue weighted by Crippen LogP contribution is -2.11. The number of furan rings is 2. The summed E-state index contributed by atoms with van der Waals surface area (Å²) in [4.78, 5) is 9.50. The molecule has 0 unspecified atom stereocenters. The summed E-state index contributed by atoms with van der Waals surface area (Å²) in [6.07, 6.45) is 0. The molecule has 0 aliphatic rings. The molecule has 0 bridgehead atoms. The van der Waals surface area contributed by atoms with E-state index in [1.165, 1.54) is 55.6 Å². The third kappa shape index (κ3) is 10.8. The Morgan fingerprint density at radius 1 is 0.186 bits per heavy atom. The van der Waals surface area contributed by atoms with Crippen molar-refractivity contribution in [2.75, 3.05) is 19.6 Å². The first-order chi connectivity index (χ1) is 49.8. The maximum absolute atomic E-state index is 6.72. The topological polar surface area (TPSA) is 39.2 Å². The molecule has 2 heterocycles. The first-order valence-corrected chi connectivity index (χ1v) is 35.2. The first-order valence-electron chi connectivity index (χ1n) is 35.2. The van der Waals surface area contributed by atoms with Gasteiger partial charge in [0.05, 0.1) is 0 Å². The van der Waals surface area contributed by atoms with Crippen molar-refractivity contribution in [3.8, 4) is 11.1 Å². The zero-order chi connectivity index (χ0) is 69.0. The highest BCUT2D eigenvalue weighted by atomic mass is 16.3. The van der Waals surface area contributed by atoms with Crippen LogP contribution in [0.3, 0.4) is 0 Å². The minimum absolute atomic E-state index is 0.875. The Bertz CT molecular complexity index is 6350. The lowest BCUT2D eigenvalue weighted by Gasteiger charge is -2.28. The number of rotatable bonds is 13. The number of hydrogen-bond donors (Lipinski definition) is 0. The fourth-order valence-electron chi connectivity index (χ4n) is 15.8. The Morgan fingerprint density at radius 2 is 0.422 bits per heavy atom. The van der Waals surface area contributed by atoms with Gasteiger partial charge in [0.15, 0.2) is 0 Å². The molecule has 6 heteroatoms.